The molecule has 2 N–H and O–H groups in total. The SMILES string of the molecule is CN=C(NCC(C)Oc1cccc(OC)c1)NC1CCN(c2cccc(C)n2)CC1.I. The highest BCUT2D eigenvalue weighted by atomic mass is 127. The zero-order valence-electron chi connectivity index (χ0n) is 18.8. The van der Waals surface area contributed by atoms with Crippen molar-refractivity contribution in [3.63, 3.8) is 0 Å². The molecule has 0 spiro atoms. The lowest BCUT2D eigenvalue weighted by molar-refractivity contribution is 0.222. The summed E-state index contributed by atoms with van der Waals surface area (Å²) in [7, 11) is 3.45. The Kier molecular flexibility index (Phi) is 10.2. The molecule has 1 aliphatic rings. The van der Waals surface area contributed by atoms with Crippen LogP contribution in [0, 0.1) is 6.92 Å². The molecule has 31 heavy (non-hydrogen) atoms. The molecule has 0 bridgehead atoms. The van der Waals surface area contributed by atoms with Gasteiger partial charge in [0.25, 0.3) is 0 Å². The molecule has 2 aromatic rings. The largest absolute Gasteiger partial charge is 0.497 e. The topological polar surface area (TPSA) is 71.0 Å². The number of aromatic nitrogens is 1. The highest BCUT2D eigenvalue weighted by Gasteiger charge is 2.21. The number of aryl methyl sites for hydroxylation is 1. The maximum absolute atomic E-state index is 5.98. The minimum absolute atomic E-state index is 0. The lowest BCUT2D eigenvalue weighted by atomic mass is 10.1. The number of piperidine rings is 1. The summed E-state index contributed by atoms with van der Waals surface area (Å²) in [5.74, 6) is 3.46. The second-order valence-electron chi connectivity index (χ2n) is 7.60. The van der Waals surface area contributed by atoms with E-state index < -0.39 is 0 Å². The zero-order chi connectivity index (χ0) is 21.3. The molecule has 0 amide bonds. The van der Waals surface area contributed by atoms with Gasteiger partial charge >= 0.3 is 0 Å². The number of nitrogens with one attached hydrogen (secondary N) is 2. The number of benzene rings is 1. The molecule has 1 unspecified atom stereocenters. The Labute approximate surface area is 202 Å². The standard InChI is InChI=1S/C23H33N5O2.HI/c1-17-7-5-10-22(26-17)28-13-11-19(12-14-28)27-23(24-3)25-16-18(2)30-21-9-6-8-20(15-21)29-4;/h5-10,15,18-19H,11-14,16H2,1-4H3,(H2,24,25,27);1H. The first-order valence-electron chi connectivity index (χ1n) is 10.5. The maximum Gasteiger partial charge on any atom is 0.191 e. The second-order valence-corrected chi connectivity index (χ2v) is 7.60. The molecule has 1 atom stereocenters. The van der Waals surface area contributed by atoms with Gasteiger partial charge in [0.1, 0.15) is 23.4 Å². The molecule has 0 aliphatic carbocycles. The van der Waals surface area contributed by atoms with E-state index in [4.69, 9.17) is 9.47 Å². The van der Waals surface area contributed by atoms with Crippen LogP contribution < -0.4 is 25.0 Å². The molecule has 1 aliphatic heterocycles. The Morgan fingerprint density at radius 1 is 1.19 bits per heavy atom. The number of ether oxygens (including phenoxy) is 2. The van der Waals surface area contributed by atoms with Crippen molar-refractivity contribution >= 4 is 35.8 Å². The second kappa shape index (κ2) is 12.6. The third-order valence-corrected chi connectivity index (χ3v) is 5.19. The molecule has 170 valence electrons. The summed E-state index contributed by atoms with van der Waals surface area (Å²) in [6, 6.07) is 14.2. The summed E-state index contributed by atoms with van der Waals surface area (Å²) in [6.45, 7) is 6.70. The highest BCUT2D eigenvalue weighted by Crippen LogP contribution is 2.20. The van der Waals surface area contributed by atoms with Crippen molar-refractivity contribution in [2.45, 2.75) is 38.8 Å². The summed E-state index contributed by atoms with van der Waals surface area (Å²) in [6.07, 6.45) is 2.09. The molecule has 1 aromatic carbocycles. The predicted octanol–water partition coefficient (Wildman–Crippen LogP) is 3.62. The van der Waals surface area contributed by atoms with Crippen LogP contribution in [-0.4, -0.2) is 56.9 Å². The predicted molar refractivity (Wildman–Crippen MR) is 137 cm³/mol. The number of hydrogen-bond acceptors (Lipinski definition) is 5. The summed E-state index contributed by atoms with van der Waals surface area (Å²) in [4.78, 5) is 11.4. The van der Waals surface area contributed by atoms with Crippen molar-refractivity contribution in [2.24, 2.45) is 4.99 Å². The number of guanidine groups is 1. The molecule has 7 nitrogen and oxygen atoms in total. The van der Waals surface area contributed by atoms with Crippen LogP contribution in [0.15, 0.2) is 47.5 Å². The average Bonchev–Trinajstić information content (AvgIpc) is 2.77. The summed E-state index contributed by atoms with van der Waals surface area (Å²) in [5, 5.41) is 6.92. The van der Waals surface area contributed by atoms with E-state index in [9.17, 15) is 0 Å². The van der Waals surface area contributed by atoms with Crippen molar-refractivity contribution in [1.82, 2.24) is 15.6 Å². The number of halogens is 1. The minimum atomic E-state index is -0.00935. The Morgan fingerprint density at radius 3 is 2.58 bits per heavy atom. The van der Waals surface area contributed by atoms with Gasteiger partial charge in [0.15, 0.2) is 5.96 Å². The van der Waals surface area contributed by atoms with E-state index in [1.807, 2.05) is 44.2 Å². The fourth-order valence-corrected chi connectivity index (χ4v) is 3.53. The number of aliphatic imine (C=N–C) groups is 1. The van der Waals surface area contributed by atoms with Gasteiger partial charge in [-0.25, -0.2) is 4.98 Å². The molecule has 0 radical (unpaired) electrons. The Morgan fingerprint density at radius 2 is 1.90 bits per heavy atom. The smallest absolute Gasteiger partial charge is 0.191 e. The molecule has 1 saturated heterocycles. The van der Waals surface area contributed by atoms with Crippen molar-refractivity contribution in [1.29, 1.82) is 0 Å². The number of anilines is 1. The minimum Gasteiger partial charge on any atom is -0.497 e. The van der Waals surface area contributed by atoms with Gasteiger partial charge in [-0.3, -0.25) is 4.99 Å². The normalized spacial score (nSPS) is 15.6. The van der Waals surface area contributed by atoms with Crippen molar-refractivity contribution in [3.05, 3.63) is 48.2 Å². The van der Waals surface area contributed by atoms with E-state index in [2.05, 4.69) is 37.6 Å². The summed E-state index contributed by atoms with van der Waals surface area (Å²) < 4.78 is 11.2. The van der Waals surface area contributed by atoms with Crippen LogP contribution >= 0.6 is 24.0 Å². The summed E-state index contributed by atoms with van der Waals surface area (Å²) in [5.41, 5.74) is 1.06. The molecule has 1 aromatic heterocycles. The molecule has 2 heterocycles. The quantitative estimate of drug-likeness (QED) is 0.318. The van der Waals surface area contributed by atoms with Crippen LogP contribution in [0.2, 0.25) is 0 Å². The number of rotatable bonds is 7. The molecular weight excluding hydrogens is 505 g/mol. The number of nitrogens with zero attached hydrogens (tertiary/aromatic N) is 3. The Hall–Kier alpha value is -2.23. The van der Waals surface area contributed by atoms with Crippen LogP contribution in [0.4, 0.5) is 5.82 Å². The van der Waals surface area contributed by atoms with Crippen molar-refractivity contribution in [2.75, 3.05) is 38.7 Å². The van der Waals surface area contributed by atoms with E-state index in [0.29, 0.717) is 12.6 Å². The zero-order valence-corrected chi connectivity index (χ0v) is 21.1. The van der Waals surface area contributed by atoms with E-state index in [1.54, 1.807) is 14.2 Å². The van der Waals surface area contributed by atoms with E-state index in [1.165, 1.54) is 0 Å². The van der Waals surface area contributed by atoms with Gasteiger partial charge in [-0.1, -0.05) is 12.1 Å². The van der Waals surface area contributed by atoms with E-state index in [-0.39, 0.29) is 30.1 Å². The lowest BCUT2D eigenvalue weighted by Gasteiger charge is -2.34. The molecule has 0 saturated carbocycles. The van der Waals surface area contributed by atoms with Crippen LogP contribution in [0.25, 0.3) is 0 Å². The first-order valence-corrected chi connectivity index (χ1v) is 10.5. The fourth-order valence-electron chi connectivity index (χ4n) is 3.53. The molecule has 1 fully saturated rings. The first kappa shape index (κ1) is 25.0. The maximum atomic E-state index is 5.98. The van der Waals surface area contributed by atoms with Crippen LogP contribution in [0.1, 0.15) is 25.5 Å². The van der Waals surface area contributed by atoms with Gasteiger partial charge in [0, 0.05) is 37.9 Å². The first-order chi connectivity index (χ1) is 14.6. The van der Waals surface area contributed by atoms with Crippen molar-refractivity contribution in [3.8, 4) is 11.5 Å². The molecule has 3 rings (SSSR count). The highest BCUT2D eigenvalue weighted by molar-refractivity contribution is 14.0. The Bertz CT molecular complexity index is 840. The average molecular weight is 539 g/mol. The fraction of sp³-hybridized carbons (Fsp3) is 0.478. The number of hydrogen-bond donors (Lipinski definition) is 2. The van der Waals surface area contributed by atoms with E-state index in [0.717, 1.165) is 54.9 Å². The molecular formula is C23H34IN5O2. The van der Waals surface area contributed by atoms with Gasteiger partial charge in [-0.15, -0.1) is 24.0 Å². The van der Waals surface area contributed by atoms with Crippen molar-refractivity contribution < 1.29 is 9.47 Å². The van der Waals surface area contributed by atoms with Gasteiger partial charge in [-0.05, 0) is 51.0 Å². The number of pyridine rings is 1. The third-order valence-electron chi connectivity index (χ3n) is 5.19. The lowest BCUT2D eigenvalue weighted by Crippen LogP contribution is -2.50. The van der Waals surface area contributed by atoms with Crippen LogP contribution in [-0.2, 0) is 0 Å². The van der Waals surface area contributed by atoms with Gasteiger partial charge in [-0.2, -0.15) is 0 Å². The monoisotopic (exact) mass is 539 g/mol. The summed E-state index contributed by atoms with van der Waals surface area (Å²) >= 11 is 0. The Balaban J connectivity index is 0.00000341. The van der Waals surface area contributed by atoms with Gasteiger partial charge in [0.05, 0.1) is 13.7 Å². The van der Waals surface area contributed by atoms with Gasteiger partial charge in [0.2, 0.25) is 0 Å². The van der Waals surface area contributed by atoms with Crippen LogP contribution in [0.5, 0.6) is 11.5 Å². The van der Waals surface area contributed by atoms with E-state index >= 15 is 0 Å². The molecule has 8 heteroatoms. The number of methoxy groups -OCH3 is 1. The van der Waals surface area contributed by atoms with Gasteiger partial charge < -0.3 is 25.0 Å². The third kappa shape index (κ3) is 7.75. The van der Waals surface area contributed by atoms with Crippen LogP contribution in [0.3, 0.4) is 0 Å².